The molecule has 0 fully saturated rings. The Morgan fingerprint density at radius 3 is 2.44 bits per heavy atom. The van der Waals surface area contributed by atoms with Gasteiger partial charge in [0.25, 0.3) is 0 Å². The number of benzene rings is 1. The van der Waals surface area contributed by atoms with Crippen LogP contribution in [0.1, 0.15) is 24.2 Å². The average molecular weight is 253 g/mol. The lowest BCUT2D eigenvalue weighted by Crippen LogP contribution is -2.42. The Kier molecular flexibility index (Phi) is 5.77. The molecule has 18 heavy (non-hydrogen) atoms. The van der Waals surface area contributed by atoms with Crippen LogP contribution in [0, 0.1) is 6.92 Å². The van der Waals surface area contributed by atoms with E-state index >= 15 is 0 Å². The maximum Gasteiger partial charge on any atom is 0.328 e. The minimum atomic E-state index is -0.947. The van der Waals surface area contributed by atoms with Crippen LogP contribution in [0.3, 0.4) is 0 Å². The van der Waals surface area contributed by atoms with E-state index in [1.165, 1.54) is 7.11 Å². The van der Waals surface area contributed by atoms with Crippen molar-refractivity contribution in [1.29, 1.82) is 0 Å². The Bertz CT molecular complexity index is 377. The first kappa shape index (κ1) is 14.6. The van der Waals surface area contributed by atoms with Crippen LogP contribution in [-0.2, 0) is 14.3 Å². The molecule has 0 radical (unpaired) electrons. The molecule has 0 bridgehead atoms. The van der Waals surface area contributed by atoms with Crippen LogP contribution >= 0.6 is 0 Å². The molecule has 1 aromatic rings. The van der Waals surface area contributed by atoms with Gasteiger partial charge in [-0.3, -0.25) is 4.79 Å². The van der Waals surface area contributed by atoms with E-state index in [1.807, 2.05) is 36.7 Å². The topological polar surface area (TPSA) is 67.8 Å². The third kappa shape index (κ3) is 3.53. The van der Waals surface area contributed by atoms with E-state index in [2.05, 4.69) is 0 Å². The Balaban J connectivity index is 2.92. The predicted octanol–water partition coefficient (Wildman–Crippen LogP) is 1.59. The second-order valence-corrected chi connectivity index (χ2v) is 3.93. The fourth-order valence-electron chi connectivity index (χ4n) is 1.70. The van der Waals surface area contributed by atoms with Gasteiger partial charge in [-0.2, -0.15) is 5.48 Å². The maximum absolute atomic E-state index is 11.7. The molecule has 0 aliphatic heterocycles. The molecule has 2 N–H and O–H groups in total. The quantitative estimate of drug-likeness (QED) is 0.595. The molecule has 0 spiro atoms. The zero-order valence-electron chi connectivity index (χ0n) is 10.8. The summed E-state index contributed by atoms with van der Waals surface area (Å²) in [4.78, 5) is 11.7. The smallest absolute Gasteiger partial charge is 0.328 e. The molecule has 5 nitrogen and oxygen atoms in total. The highest BCUT2D eigenvalue weighted by molar-refractivity contribution is 5.76. The first-order chi connectivity index (χ1) is 8.63. The summed E-state index contributed by atoms with van der Waals surface area (Å²) in [5.41, 5.74) is 3.85. The summed E-state index contributed by atoms with van der Waals surface area (Å²) >= 11 is 0. The number of hydrogen-bond acceptors (Lipinski definition) is 5. The van der Waals surface area contributed by atoms with Crippen molar-refractivity contribution < 1.29 is 19.5 Å². The van der Waals surface area contributed by atoms with Gasteiger partial charge in [-0.1, -0.05) is 29.8 Å². The second kappa shape index (κ2) is 7.10. The molecule has 100 valence electrons. The lowest BCUT2D eigenvalue weighted by molar-refractivity contribution is -0.154. The van der Waals surface area contributed by atoms with Gasteiger partial charge in [0.15, 0.2) is 6.04 Å². The van der Waals surface area contributed by atoms with Crippen LogP contribution in [0.5, 0.6) is 0 Å². The standard InChI is InChI=1S/C13H19NO4/c1-4-18-13(15)11(14-16)12(17-3)10-7-5-9(2)6-8-10/h5-8,11-12,14,16H,4H2,1-3H3. The van der Waals surface area contributed by atoms with E-state index in [9.17, 15) is 4.79 Å². The number of carbonyl (C=O) groups is 1. The van der Waals surface area contributed by atoms with E-state index in [4.69, 9.17) is 14.7 Å². The number of ether oxygens (including phenoxy) is 2. The number of carbonyl (C=O) groups excluding carboxylic acids is 1. The zero-order chi connectivity index (χ0) is 13.5. The Morgan fingerprint density at radius 1 is 1.39 bits per heavy atom. The molecule has 0 saturated heterocycles. The molecule has 0 aliphatic rings. The van der Waals surface area contributed by atoms with Crippen LogP contribution in [-0.4, -0.2) is 30.9 Å². The summed E-state index contributed by atoms with van der Waals surface area (Å²) in [6.45, 7) is 3.93. The molecule has 0 aromatic heterocycles. The van der Waals surface area contributed by atoms with Crippen LogP contribution in [0.2, 0.25) is 0 Å². The summed E-state index contributed by atoms with van der Waals surface area (Å²) in [7, 11) is 1.48. The molecule has 0 saturated carbocycles. The van der Waals surface area contributed by atoms with Crippen molar-refractivity contribution in [3.8, 4) is 0 Å². The van der Waals surface area contributed by atoms with Gasteiger partial charge < -0.3 is 14.7 Å². The lowest BCUT2D eigenvalue weighted by Gasteiger charge is -2.23. The summed E-state index contributed by atoms with van der Waals surface area (Å²) in [5.74, 6) is -0.549. The van der Waals surface area contributed by atoms with Crippen molar-refractivity contribution in [3.05, 3.63) is 35.4 Å². The van der Waals surface area contributed by atoms with Gasteiger partial charge in [0.1, 0.15) is 6.10 Å². The normalized spacial score (nSPS) is 14.0. The van der Waals surface area contributed by atoms with Crippen LogP contribution < -0.4 is 5.48 Å². The lowest BCUT2D eigenvalue weighted by atomic mass is 10.0. The molecule has 2 unspecified atom stereocenters. The van der Waals surface area contributed by atoms with Crippen molar-refractivity contribution in [2.24, 2.45) is 0 Å². The summed E-state index contributed by atoms with van der Waals surface area (Å²) in [6.07, 6.45) is -0.602. The summed E-state index contributed by atoms with van der Waals surface area (Å²) < 4.78 is 10.2. The molecule has 0 aliphatic carbocycles. The first-order valence-electron chi connectivity index (χ1n) is 5.79. The van der Waals surface area contributed by atoms with Gasteiger partial charge in [-0.25, -0.2) is 0 Å². The summed E-state index contributed by atoms with van der Waals surface area (Å²) in [6, 6.07) is 6.60. The minimum absolute atomic E-state index is 0.251. The molecular weight excluding hydrogens is 234 g/mol. The van der Waals surface area contributed by atoms with E-state index in [-0.39, 0.29) is 6.61 Å². The van der Waals surface area contributed by atoms with Crippen LogP contribution in [0.25, 0.3) is 0 Å². The molecule has 0 heterocycles. The van der Waals surface area contributed by atoms with Gasteiger partial charge >= 0.3 is 5.97 Å². The fraction of sp³-hybridized carbons (Fsp3) is 0.462. The maximum atomic E-state index is 11.7. The second-order valence-electron chi connectivity index (χ2n) is 3.93. The average Bonchev–Trinajstić information content (AvgIpc) is 2.37. The van der Waals surface area contributed by atoms with Crippen LogP contribution in [0.15, 0.2) is 24.3 Å². The van der Waals surface area contributed by atoms with E-state index in [0.717, 1.165) is 11.1 Å². The highest BCUT2D eigenvalue weighted by Gasteiger charge is 2.30. The summed E-state index contributed by atoms with van der Waals surface area (Å²) in [5, 5.41) is 9.11. The Morgan fingerprint density at radius 2 is 2.00 bits per heavy atom. The van der Waals surface area contributed by atoms with Crippen LogP contribution in [0.4, 0.5) is 0 Å². The number of hydroxylamine groups is 1. The van der Waals surface area contributed by atoms with Crippen molar-refractivity contribution in [2.75, 3.05) is 13.7 Å². The first-order valence-corrected chi connectivity index (χ1v) is 5.79. The van der Waals surface area contributed by atoms with Crippen molar-refractivity contribution in [3.63, 3.8) is 0 Å². The Labute approximate surface area is 107 Å². The molecule has 0 amide bonds. The van der Waals surface area contributed by atoms with Gasteiger partial charge in [-0.15, -0.1) is 0 Å². The van der Waals surface area contributed by atoms with Crippen molar-refractivity contribution in [1.82, 2.24) is 5.48 Å². The van der Waals surface area contributed by atoms with E-state index in [0.29, 0.717) is 0 Å². The predicted molar refractivity (Wildman–Crippen MR) is 66.3 cm³/mol. The van der Waals surface area contributed by atoms with Gasteiger partial charge in [-0.05, 0) is 19.4 Å². The third-order valence-corrected chi connectivity index (χ3v) is 2.64. The van der Waals surface area contributed by atoms with E-state index in [1.54, 1.807) is 6.92 Å². The number of rotatable bonds is 6. The largest absolute Gasteiger partial charge is 0.465 e. The molecular formula is C13H19NO4. The highest BCUT2D eigenvalue weighted by Crippen LogP contribution is 2.21. The van der Waals surface area contributed by atoms with Gasteiger partial charge in [0, 0.05) is 7.11 Å². The zero-order valence-corrected chi connectivity index (χ0v) is 10.8. The third-order valence-electron chi connectivity index (χ3n) is 2.64. The van der Waals surface area contributed by atoms with Crippen molar-refractivity contribution >= 4 is 5.97 Å². The monoisotopic (exact) mass is 253 g/mol. The number of hydrogen-bond donors (Lipinski definition) is 2. The Hall–Kier alpha value is -1.43. The van der Waals surface area contributed by atoms with Gasteiger partial charge in [0.2, 0.25) is 0 Å². The fourth-order valence-corrected chi connectivity index (χ4v) is 1.70. The van der Waals surface area contributed by atoms with E-state index < -0.39 is 18.1 Å². The molecule has 5 heteroatoms. The number of nitrogens with one attached hydrogen (secondary N) is 1. The number of esters is 1. The SMILES string of the molecule is CCOC(=O)C(NO)C(OC)c1ccc(C)cc1. The number of aryl methyl sites for hydroxylation is 1. The minimum Gasteiger partial charge on any atom is -0.465 e. The van der Waals surface area contributed by atoms with Crippen molar-refractivity contribution in [2.45, 2.75) is 26.0 Å². The molecule has 1 aromatic carbocycles. The number of methoxy groups -OCH3 is 1. The molecule has 2 atom stereocenters. The molecule has 1 rings (SSSR count). The highest BCUT2D eigenvalue weighted by atomic mass is 16.5. The van der Waals surface area contributed by atoms with Gasteiger partial charge in [0.05, 0.1) is 6.61 Å².